The lowest BCUT2D eigenvalue weighted by Crippen LogP contribution is -2.36. The van der Waals surface area contributed by atoms with Crippen molar-refractivity contribution in [2.24, 2.45) is 0 Å². The molecule has 6 nitrogen and oxygen atoms in total. The average Bonchev–Trinajstić information content (AvgIpc) is 3.25. The summed E-state index contributed by atoms with van der Waals surface area (Å²) >= 11 is 0. The van der Waals surface area contributed by atoms with Gasteiger partial charge in [0.2, 0.25) is 0 Å². The van der Waals surface area contributed by atoms with E-state index in [2.05, 4.69) is 11.0 Å². The second-order valence-electron chi connectivity index (χ2n) is 10.8. The Morgan fingerprint density at radius 3 is 2.19 bits per heavy atom. The highest BCUT2D eigenvalue weighted by molar-refractivity contribution is 5.78. The standard InChI is InChI=1S/C30H32F6N2O4/c1-18-27(20-13-21(29(31,32)33)15-22(14-20)30(34,35)36)42-28(39)38(18)17-19-5-3-4-6-24(19)25-16-23(7-8-26(25)40-2)37-9-11-41-12-10-37/h7-8,13-16,18,27H,3-6,9-12,17H2,1-2H3. The topological polar surface area (TPSA) is 51.2 Å². The third-order valence-electron chi connectivity index (χ3n) is 8.16. The van der Waals surface area contributed by atoms with Crippen LogP contribution in [0.2, 0.25) is 0 Å². The summed E-state index contributed by atoms with van der Waals surface area (Å²) < 4.78 is 97.5. The molecule has 0 spiro atoms. The number of nitrogens with zero attached hydrogens (tertiary/aromatic N) is 2. The van der Waals surface area contributed by atoms with Gasteiger partial charge in [-0.05, 0) is 85.7 Å². The van der Waals surface area contributed by atoms with Gasteiger partial charge in [-0.1, -0.05) is 0 Å². The number of morpholine rings is 1. The van der Waals surface area contributed by atoms with E-state index >= 15 is 0 Å². The molecule has 2 unspecified atom stereocenters. The minimum atomic E-state index is -5.00. The number of halogens is 6. The van der Waals surface area contributed by atoms with E-state index in [-0.39, 0.29) is 18.2 Å². The van der Waals surface area contributed by atoms with E-state index in [4.69, 9.17) is 14.2 Å². The third-order valence-corrected chi connectivity index (χ3v) is 8.16. The van der Waals surface area contributed by atoms with Crippen LogP contribution >= 0.6 is 0 Å². The van der Waals surface area contributed by atoms with Crippen molar-refractivity contribution >= 4 is 17.4 Å². The molecule has 3 aliphatic rings. The Balaban J connectivity index is 1.47. The van der Waals surface area contributed by atoms with Crippen LogP contribution in [0.15, 0.2) is 42.0 Å². The van der Waals surface area contributed by atoms with Crippen LogP contribution in [0.25, 0.3) is 5.57 Å². The van der Waals surface area contributed by atoms with Gasteiger partial charge < -0.3 is 19.1 Å². The minimum absolute atomic E-state index is 0.0697. The zero-order chi connectivity index (χ0) is 30.2. The van der Waals surface area contributed by atoms with E-state index in [1.165, 1.54) is 4.90 Å². The molecule has 0 N–H and O–H groups in total. The summed E-state index contributed by atoms with van der Waals surface area (Å²) in [6.45, 7) is 4.47. The van der Waals surface area contributed by atoms with Gasteiger partial charge in [0.15, 0.2) is 0 Å². The molecule has 2 aromatic carbocycles. The summed E-state index contributed by atoms with van der Waals surface area (Å²) in [7, 11) is 1.59. The van der Waals surface area contributed by atoms with Gasteiger partial charge >= 0.3 is 18.4 Å². The summed E-state index contributed by atoms with van der Waals surface area (Å²) in [6, 6.07) is 6.49. The van der Waals surface area contributed by atoms with Gasteiger partial charge in [0.25, 0.3) is 0 Å². The number of carbonyl (C=O) groups excluding carboxylic acids is 1. The fraction of sp³-hybridized carbons (Fsp3) is 0.500. The number of amides is 1. The van der Waals surface area contributed by atoms with Crippen molar-refractivity contribution < 1.29 is 45.3 Å². The Morgan fingerprint density at radius 1 is 0.929 bits per heavy atom. The molecule has 2 fully saturated rings. The molecule has 0 radical (unpaired) electrons. The lowest BCUT2D eigenvalue weighted by atomic mass is 9.86. The highest BCUT2D eigenvalue weighted by Gasteiger charge is 2.43. The number of cyclic esters (lactones) is 1. The Labute approximate surface area is 239 Å². The van der Waals surface area contributed by atoms with Crippen molar-refractivity contribution in [3.63, 3.8) is 0 Å². The van der Waals surface area contributed by atoms with Crippen molar-refractivity contribution in [1.82, 2.24) is 4.90 Å². The van der Waals surface area contributed by atoms with Crippen molar-refractivity contribution in [3.8, 4) is 5.75 Å². The molecule has 2 saturated heterocycles. The molecule has 228 valence electrons. The fourth-order valence-electron chi connectivity index (χ4n) is 5.93. The first kappa shape index (κ1) is 30.1. The second-order valence-corrected chi connectivity index (χ2v) is 10.8. The van der Waals surface area contributed by atoms with Gasteiger partial charge in [0.1, 0.15) is 11.9 Å². The van der Waals surface area contributed by atoms with Crippen molar-refractivity contribution in [2.45, 2.75) is 57.1 Å². The number of ether oxygens (including phenoxy) is 3. The molecule has 2 aromatic rings. The summed E-state index contributed by atoms with van der Waals surface area (Å²) in [5.74, 6) is 0.681. The van der Waals surface area contributed by atoms with Gasteiger partial charge in [0, 0.05) is 30.9 Å². The number of hydrogen-bond donors (Lipinski definition) is 0. The molecule has 0 aromatic heterocycles. The number of allylic oxidation sites excluding steroid dienone is 1. The number of anilines is 1. The molecule has 1 aliphatic carbocycles. The Morgan fingerprint density at radius 2 is 1.57 bits per heavy atom. The maximum Gasteiger partial charge on any atom is 0.416 e. The number of alkyl halides is 6. The maximum absolute atomic E-state index is 13.5. The van der Waals surface area contributed by atoms with Crippen molar-refractivity contribution in [2.75, 3.05) is 44.9 Å². The van der Waals surface area contributed by atoms with Crippen LogP contribution < -0.4 is 9.64 Å². The number of methoxy groups -OCH3 is 1. The van der Waals surface area contributed by atoms with Gasteiger partial charge in [-0.15, -0.1) is 0 Å². The van der Waals surface area contributed by atoms with Crippen LogP contribution in [0.3, 0.4) is 0 Å². The lowest BCUT2D eigenvalue weighted by molar-refractivity contribution is -0.143. The molecular formula is C30H32F6N2O4. The van der Waals surface area contributed by atoms with Crippen LogP contribution in [0.1, 0.15) is 61.0 Å². The predicted octanol–water partition coefficient (Wildman–Crippen LogP) is 7.48. The summed E-state index contributed by atoms with van der Waals surface area (Å²) in [5, 5.41) is 0. The first-order valence-electron chi connectivity index (χ1n) is 13.9. The van der Waals surface area contributed by atoms with Gasteiger partial charge in [-0.25, -0.2) is 4.79 Å². The maximum atomic E-state index is 13.5. The molecule has 12 heteroatoms. The van der Waals surface area contributed by atoms with E-state index in [0.717, 1.165) is 54.7 Å². The number of benzene rings is 2. The van der Waals surface area contributed by atoms with Crippen LogP contribution in [-0.2, 0) is 21.8 Å². The molecule has 2 atom stereocenters. The first-order chi connectivity index (χ1) is 19.9. The smallest absolute Gasteiger partial charge is 0.416 e. The Bertz CT molecular complexity index is 1320. The Hall–Kier alpha value is -3.41. The van der Waals surface area contributed by atoms with E-state index in [1.54, 1.807) is 14.0 Å². The van der Waals surface area contributed by atoms with E-state index in [0.29, 0.717) is 37.5 Å². The highest BCUT2D eigenvalue weighted by Crippen LogP contribution is 2.43. The van der Waals surface area contributed by atoms with Crippen LogP contribution in [0.5, 0.6) is 5.75 Å². The molecule has 0 saturated carbocycles. The van der Waals surface area contributed by atoms with Crippen LogP contribution in [0.4, 0.5) is 36.8 Å². The number of hydrogen-bond acceptors (Lipinski definition) is 5. The first-order valence-corrected chi connectivity index (χ1v) is 13.9. The van der Waals surface area contributed by atoms with Crippen molar-refractivity contribution in [1.29, 1.82) is 0 Å². The molecule has 2 aliphatic heterocycles. The molecular weight excluding hydrogens is 566 g/mol. The zero-order valence-electron chi connectivity index (χ0n) is 23.3. The SMILES string of the molecule is COc1ccc(N2CCOCC2)cc1C1=C(CN2C(=O)OC(c3cc(C(F)(F)F)cc(C(F)(F)F)c3)C2C)CCCC1. The fourth-order valence-corrected chi connectivity index (χ4v) is 5.93. The summed E-state index contributed by atoms with van der Waals surface area (Å²) in [4.78, 5) is 16.6. The quantitative estimate of drug-likeness (QED) is 0.323. The van der Waals surface area contributed by atoms with E-state index in [1.807, 2.05) is 12.1 Å². The van der Waals surface area contributed by atoms with E-state index in [9.17, 15) is 31.1 Å². The summed E-state index contributed by atoms with van der Waals surface area (Å²) in [5.41, 5.74) is 0.666. The van der Waals surface area contributed by atoms with Crippen LogP contribution in [0, 0.1) is 0 Å². The number of carbonyl (C=O) groups is 1. The predicted molar refractivity (Wildman–Crippen MR) is 143 cm³/mol. The molecule has 1 amide bonds. The van der Waals surface area contributed by atoms with Crippen molar-refractivity contribution in [3.05, 3.63) is 64.2 Å². The largest absolute Gasteiger partial charge is 0.496 e. The lowest BCUT2D eigenvalue weighted by Gasteiger charge is -2.31. The minimum Gasteiger partial charge on any atom is -0.496 e. The normalized spacial score (nSPS) is 22.0. The van der Waals surface area contributed by atoms with Crippen LogP contribution in [-0.4, -0.2) is 57.0 Å². The number of rotatable bonds is 6. The molecule has 5 rings (SSSR count). The molecule has 2 heterocycles. The summed E-state index contributed by atoms with van der Waals surface area (Å²) in [6.07, 6.45) is -8.86. The van der Waals surface area contributed by atoms with Gasteiger partial charge in [-0.3, -0.25) is 4.90 Å². The second kappa shape index (κ2) is 11.7. The Kier molecular flexibility index (Phi) is 8.37. The highest BCUT2D eigenvalue weighted by atomic mass is 19.4. The average molecular weight is 599 g/mol. The molecule has 0 bridgehead atoms. The van der Waals surface area contributed by atoms with Gasteiger partial charge in [0.05, 0.1) is 37.5 Å². The third kappa shape index (κ3) is 6.18. The monoisotopic (exact) mass is 598 g/mol. The van der Waals surface area contributed by atoms with E-state index < -0.39 is 41.7 Å². The molecule has 42 heavy (non-hydrogen) atoms. The zero-order valence-corrected chi connectivity index (χ0v) is 23.3. The van der Waals surface area contributed by atoms with Gasteiger partial charge in [-0.2, -0.15) is 26.3 Å².